The molecule has 20 heavy (non-hydrogen) atoms. The summed E-state index contributed by atoms with van der Waals surface area (Å²) >= 11 is 0. The highest BCUT2D eigenvalue weighted by Crippen LogP contribution is 2.27. The van der Waals surface area contributed by atoms with Crippen LogP contribution in [-0.4, -0.2) is 23.0 Å². The van der Waals surface area contributed by atoms with Crippen LogP contribution in [0.4, 0.5) is 0 Å². The molecule has 1 N–H and O–H groups in total. The number of ether oxygens (including phenoxy) is 1. The molecule has 2 aliphatic rings. The van der Waals surface area contributed by atoms with Crippen molar-refractivity contribution in [2.75, 3.05) is 13.2 Å². The van der Waals surface area contributed by atoms with Crippen molar-refractivity contribution < 1.29 is 4.74 Å². The monoisotopic (exact) mass is 269 g/mol. The molecule has 3 heterocycles. The first-order valence-corrected chi connectivity index (χ1v) is 7.35. The van der Waals surface area contributed by atoms with E-state index in [1.54, 1.807) is 0 Å². The quantitative estimate of drug-likeness (QED) is 0.910. The Hall–Kier alpha value is -1.65. The molecule has 1 fully saturated rings. The third kappa shape index (κ3) is 2.15. The molecule has 2 aliphatic heterocycles. The summed E-state index contributed by atoms with van der Waals surface area (Å²) in [5.74, 6) is 0. The van der Waals surface area contributed by atoms with E-state index in [9.17, 15) is 0 Å². The molecule has 0 spiro atoms. The molecule has 0 unspecified atom stereocenters. The van der Waals surface area contributed by atoms with Crippen molar-refractivity contribution in [2.45, 2.75) is 32.0 Å². The number of nitrogens with one attached hydrogen (secondary N) is 1. The lowest BCUT2D eigenvalue weighted by Crippen LogP contribution is -2.19. The standard InChI is InChI=1S/C16H19N3O/c1-2-13-8-17-9-14(13)7-12(1)15-10-18-19(11-15)16-3-5-20-6-4-16/h1-2,7,10-11,16-17H,3-6,8-9H2. The number of nitrogens with zero attached hydrogens (tertiary/aromatic N) is 2. The van der Waals surface area contributed by atoms with Gasteiger partial charge in [-0.1, -0.05) is 12.1 Å². The van der Waals surface area contributed by atoms with Crippen molar-refractivity contribution in [3.8, 4) is 11.1 Å². The molecule has 1 aromatic carbocycles. The maximum absolute atomic E-state index is 5.41. The van der Waals surface area contributed by atoms with Gasteiger partial charge in [0.25, 0.3) is 0 Å². The van der Waals surface area contributed by atoms with E-state index in [0.29, 0.717) is 6.04 Å². The van der Waals surface area contributed by atoms with Crippen LogP contribution in [0.2, 0.25) is 0 Å². The Kier molecular flexibility index (Phi) is 3.05. The normalized spacial score (nSPS) is 19.2. The first-order chi connectivity index (χ1) is 9.90. The first-order valence-electron chi connectivity index (χ1n) is 7.35. The van der Waals surface area contributed by atoms with Gasteiger partial charge < -0.3 is 10.1 Å². The number of fused-ring (bicyclic) bond motifs is 1. The molecule has 0 aliphatic carbocycles. The average Bonchev–Trinajstić information content (AvgIpc) is 3.16. The third-order valence-electron chi connectivity index (χ3n) is 4.34. The number of aromatic nitrogens is 2. The SMILES string of the molecule is c1cc2c(cc1-c1cnn(C3CCOCC3)c1)CNC2. The van der Waals surface area contributed by atoms with Crippen LogP contribution in [0.3, 0.4) is 0 Å². The molecule has 4 nitrogen and oxygen atoms in total. The summed E-state index contributed by atoms with van der Waals surface area (Å²) in [4.78, 5) is 0. The van der Waals surface area contributed by atoms with Crippen LogP contribution in [0.1, 0.15) is 30.0 Å². The van der Waals surface area contributed by atoms with Crippen LogP contribution in [-0.2, 0) is 17.8 Å². The third-order valence-corrected chi connectivity index (χ3v) is 4.34. The Balaban J connectivity index is 1.61. The number of hydrogen-bond acceptors (Lipinski definition) is 3. The Bertz CT molecular complexity index is 614. The van der Waals surface area contributed by atoms with Crippen LogP contribution in [0.5, 0.6) is 0 Å². The minimum absolute atomic E-state index is 0.494. The van der Waals surface area contributed by atoms with Crippen LogP contribution in [0, 0.1) is 0 Å². The van der Waals surface area contributed by atoms with E-state index in [1.165, 1.54) is 22.3 Å². The van der Waals surface area contributed by atoms with Crippen molar-refractivity contribution in [1.82, 2.24) is 15.1 Å². The van der Waals surface area contributed by atoms with Crippen LogP contribution < -0.4 is 5.32 Å². The van der Waals surface area contributed by atoms with E-state index in [2.05, 4.69) is 39.5 Å². The second-order valence-electron chi connectivity index (χ2n) is 5.64. The van der Waals surface area contributed by atoms with Crippen molar-refractivity contribution in [1.29, 1.82) is 0 Å². The minimum atomic E-state index is 0.494. The Labute approximate surface area is 118 Å². The van der Waals surface area contributed by atoms with Gasteiger partial charge in [-0.05, 0) is 35.6 Å². The van der Waals surface area contributed by atoms with Crippen molar-refractivity contribution >= 4 is 0 Å². The zero-order valence-electron chi connectivity index (χ0n) is 11.5. The van der Waals surface area contributed by atoms with Gasteiger partial charge in [-0.15, -0.1) is 0 Å². The molecule has 2 aromatic rings. The van der Waals surface area contributed by atoms with Gasteiger partial charge in [0.15, 0.2) is 0 Å². The lowest BCUT2D eigenvalue weighted by atomic mass is 10.0. The van der Waals surface area contributed by atoms with Crippen LogP contribution in [0.25, 0.3) is 11.1 Å². The van der Waals surface area contributed by atoms with Gasteiger partial charge >= 0.3 is 0 Å². The molecule has 0 saturated carbocycles. The molecule has 4 heteroatoms. The molecule has 104 valence electrons. The fourth-order valence-electron chi connectivity index (χ4n) is 3.11. The summed E-state index contributed by atoms with van der Waals surface area (Å²) in [5.41, 5.74) is 5.32. The van der Waals surface area contributed by atoms with E-state index >= 15 is 0 Å². The molecule has 0 atom stereocenters. The van der Waals surface area contributed by atoms with E-state index in [4.69, 9.17) is 4.74 Å². The Morgan fingerprint density at radius 3 is 2.85 bits per heavy atom. The Morgan fingerprint density at radius 2 is 1.95 bits per heavy atom. The van der Waals surface area contributed by atoms with Gasteiger partial charge in [0.2, 0.25) is 0 Å². The van der Waals surface area contributed by atoms with Gasteiger partial charge in [-0.25, -0.2) is 0 Å². The molecule has 0 amide bonds. The van der Waals surface area contributed by atoms with E-state index in [-0.39, 0.29) is 0 Å². The highest BCUT2D eigenvalue weighted by Gasteiger charge is 2.17. The molecule has 4 rings (SSSR count). The van der Waals surface area contributed by atoms with E-state index < -0.39 is 0 Å². The largest absolute Gasteiger partial charge is 0.381 e. The van der Waals surface area contributed by atoms with Crippen LogP contribution in [0.15, 0.2) is 30.6 Å². The van der Waals surface area contributed by atoms with Crippen molar-refractivity contribution in [3.63, 3.8) is 0 Å². The number of benzene rings is 1. The molecule has 1 aromatic heterocycles. The molecule has 0 bridgehead atoms. The van der Waals surface area contributed by atoms with Crippen molar-refractivity contribution in [3.05, 3.63) is 41.7 Å². The van der Waals surface area contributed by atoms with Gasteiger partial charge in [0, 0.05) is 38.1 Å². The summed E-state index contributed by atoms with van der Waals surface area (Å²) in [7, 11) is 0. The second kappa shape index (κ2) is 5.04. The predicted octanol–water partition coefficient (Wildman–Crippen LogP) is 2.50. The Morgan fingerprint density at radius 1 is 1.10 bits per heavy atom. The van der Waals surface area contributed by atoms with Gasteiger partial charge in [-0.2, -0.15) is 5.10 Å². The number of hydrogen-bond donors (Lipinski definition) is 1. The number of rotatable bonds is 2. The van der Waals surface area contributed by atoms with Gasteiger partial charge in [0.05, 0.1) is 12.2 Å². The summed E-state index contributed by atoms with van der Waals surface area (Å²) < 4.78 is 7.53. The molecule has 1 saturated heterocycles. The molecular weight excluding hydrogens is 250 g/mol. The fourth-order valence-corrected chi connectivity index (χ4v) is 3.11. The van der Waals surface area contributed by atoms with Gasteiger partial charge in [0.1, 0.15) is 0 Å². The predicted molar refractivity (Wildman–Crippen MR) is 77.3 cm³/mol. The summed E-state index contributed by atoms with van der Waals surface area (Å²) in [6.45, 7) is 3.68. The van der Waals surface area contributed by atoms with Crippen LogP contribution >= 0.6 is 0 Å². The van der Waals surface area contributed by atoms with E-state index in [1.807, 2.05) is 6.20 Å². The molecule has 0 radical (unpaired) electrons. The topological polar surface area (TPSA) is 39.1 Å². The maximum Gasteiger partial charge on any atom is 0.0568 e. The first kappa shape index (κ1) is 12.1. The smallest absolute Gasteiger partial charge is 0.0568 e. The zero-order chi connectivity index (χ0) is 13.4. The molecular formula is C16H19N3O. The maximum atomic E-state index is 5.41. The fraction of sp³-hybridized carbons (Fsp3) is 0.438. The lowest BCUT2D eigenvalue weighted by Gasteiger charge is -2.22. The highest BCUT2D eigenvalue weighted by molar-refractivity contribution is 5.63. The van der Waals surface area contributed by atoms with E-state index in [0.717, 1.165) is 39.1 Å². The summed E-state index contributed by atoms with van der Waals surface area (Å²) in [6.07, 6.45) is 6.30. The minimum Gasteiger partial charge on any atom is -0.381 e. The highest BCUT2D eigenvalue weighted by atomic mass is 16.5. The average molecular weight is 269 g/mol. The van der Waals surface area contributed by atoms with Crippen molar-refractivity contribution in [2.24, 2.45) is 0 Å². The lowest BCUT2D eigenvalue weighted by molar-refractivity contribution is 0.0662. The zero-order valence-corrected chi connectivity index (χ0v) is 11.5. The second-order valence-corrected chi connectivity index (χ2v) is 5.64. The summed E-state index contributed by atoms with van der Waals surface area (Å²) in [6, 6.07) is 7.22. The van der Waals surface area contributed by atoms with Gasteiger partial charge in [-0.3, -0.25) is 4.68 Å². The summed E-state index contributed by atoms with van der Waals surface area (Å²) in [5, 5.41) is 7.94.